The van der Waals surface area contributed by atoms with Crippen LogP contribution in [0, 0.1) is 20.8 Å². The first-order chi connectivity index (χ1) is 6.35. The first kappa shape index (κ1) is 36.0. The summed E-state index contributed by atoms with van der Waals surface area (Å²) in [4.78, 5) is 4.42. The van der Waals surface area contributed by atoms with Gasteiger partial charge in [0, 0.05) is 35.1 Å². The summed E-state index contributed by atoms with van der Waals surface area (Å²) in [6, 6.07) is 0. The first-order valence-electron chi connectivity index (χ1n) is 3.51. The molecule has 0 rings (SSSR count). The van der Waals surface area contributed by atoms with E-state index in [-0.39, 0.29) is 47.0 Å². The molecule has 0 atom stereocenters. The molecule has 0 bridgehead atoms. The molecule has 0 fully saturated rings. The van der Waals surface area contributed by atoms with Crippen LogP contribution in [0.25, 0.3) is 10.4 Å². The minimum Gasteiger partial charge on any atom is -0.358 e. The Kier molecular flexibility index (Phi) is 102. The van der Waals surface area contributed by atoms with Gasteiger partial charge in [-0.1, -0.05) is 12.5 Å². The van der Waals surface area contributed by atoms with Gasteiger partial charge in [0.2, 0.25) is 0 Å². The zero-order chi connectivity index (χ0) is 11.1. The Bertz CT molecular complexity index is 123. The van der Waals surface area contributed by atoms with Crippen molar-refractivity contribution in [3.63, 3.8) is 0 Å². The molecular weight excluding hydrogens is 425 g/mol. The van der Waals surface area contributed by atoms with E-state index < -0.39 is 0 Å². The van der Waals surface area contributed by atoms with Gasteiger partial charge in [-0.15, -0.1) is 13.1 Å². The van der Waals surface area contributed by atoms with Crippen LogP contribution in [0.1, 0.15) is 14.4 Å². The Hall–Kier alpha value is 0.403. The SMILES string of the molecule is C.FF.[CH2-]C.[CH2-]CN(C[CH2-])CN=[N+]=[N-].[V+2].[W]. The smallest absolute Gasteiger partial charge is 0.358 e. The zero-order valence-corrected chi connectivity index (χ0v) is 13.0. The number of azide groups is 1. The summed E-state index contributed by atoms with van der Waals surface area (Å²) in [6.45, 7) is 13.8. The Morgan fingerprint density at radius 2 is 1.56 bits per heavy atom. The summed E-state index contributed by atoms with van der Waals surface area (Å²) in [6.07, 6.45) is 0. The van der Waals surface area contributed by atoms with Crippen molar-refractivity contribution in [3.05, 3.63) is 31.2 Å². The first-order valence-corrected chi connectivity index (χ1v) is 3.51. The third-order valence-corrected chi connectivity index (χ3v) is 0.959. The van der Waals surface area contributed by atoms with Crippen LogP contribution in [-0.4, -0.2) is 24.7 Å². The van der Waals surface area contributed by atoms with Crippen molar-refractivity contribution in [2.45, 2.75) is 14.4 Å². The van der Waals surface area contributed by atoms with Gasteiger partial charge in [-0.05, 0) is 5.53 Å². The third-order valence-electron chi connectivity index (χ3n) is 0.959. The summed E-state index contributed by atoms with van der Waals surface area (Å²) < 4.78 is 16.0. The Labute approximate surface area is 124 Å². The summed E-state index contributed by atoms with van der Waals surface area (Å²) in [5, 5.41) is 3.34. The fourth-order valence-corrected chi connectivity index (χ4v) is 0.371. The Balaban J connectivity index is -0.0000000321. The number of hydrogen-bond acceptors (Lipinski definition) is 2. The summed E-state index contributed by atoms with van der Waals surface area (Å²) in [7, 11) is 0. The quantitative estimate of drug-likeness (QED) is 0.284. The molecular formula is C8H19F2N4VW-. The van der Waals surface area contributed by atoms with E-state index in [1.807, 2.05) is 4.90 Å². The van der Waals surface area contributed by atoms with Gasteiger partial charge in [0.1, 0.15) is 0 Å². The summed E-state index contributed by atoms with van der Waals surface area (Å²) in [5.74, 6) is 0. The minimum atomic E-state index is 0. The predicted molar refractivity (Wildman–Crippen MR) is 56.3 cm³/mol. The van der Waals surface area contributed by atoms with Crippen molar-refractivity contribution < 1.29 is 48.8 Å². The van der Waals surface area contributed by atoms with Gasteiger partial charge >= 0.3 is 18.6 Å². The van der Waals surface area contributed by atoms with Crippen LogP contribution < -0.4 is 0 Å². The predicted octanol–water partition coefficient (Wildman–Crippen LogP) is 3.54. The molecule has 0 aromatic heterocycles. The van der Waals surface area contributed by atoms with E-state index in [1.165, 1.54) is 0 Å². The topological polar surface area (TPSA) is 52.0 Å². The van der Waals surface area contributed by atoms with E-state index in [0.717, 1.165) is 0 Å². The van der Waals surface area contributed by atoms with E-state index >= 15 is 0 Å². The number of rotatable bonds is 4. The van der Waals surface area contributed by atoms with Crippen LogP contribution in [0.15, 0.2) is 5.11 Å². The minimum absolute atomic E-state index is 0. The van der Waals surface area contributed by atoms with Gasteiger partial charge in [0.15, 0.2) is 0 Å². The van der Waals surface area contributed by atoms with E-state index in [2.05, 4.69) is 30.8 Å². The van der Waals surface area contributed by atoms with Crippen molar-refractivity contribution in [3.8, 4) is 0 Å². The zero-order valence-electron chi connectivity index (χ0n) is 8.64. The molecule has 16 heavy (non-hydrogen) atoms. The van der Waals surface area contributed by atoms with Crippen molar-refractivity contribution in [2.75, 3.05) is 19.8 Å². The molecule has 0 heterocycles. The van der Waals surface area contributed by atoms with Crippen LogP contribution >= 0.6 is 0 Å². The van der Waals surface area contributed by atoms with Crippen LogP contribution in [0.4, 0.5) is 9.15 Å². The molecule has 0 saturated heterocycles. The molecule has 97 valence electrons. The maximum atomic E-state index is 8.00. The molecule has 4 nitrogen and oxygen atoms in total. The number of nitrogens with zero attached hydrogens (tertiary/aromatic N) is 4. The Morgan fingerprint density at radius 1 is 1.25 bits per heavy atom. The fraction of sp³-hybridized carbons (Fsp3) is 0.625. The maximum Gasteiger partial charge on any atom is 2.00 e. The monoisotopic (exact) mass is 444 g/mol. The van der Waals surface area contributed by atoms with Gasteiger partial charge in [0.25, 0.3) is 0 Å². The average Bonchev–Trinajstić information content (AvgIpc) is 2.25. The van der Waals surface area contributed by atoms with Gasteiger partial charge in [0.05, 0.1) is 6.67 Å². The maximum absolute atomic E-state index is 8.00. The largest absolute Gasteiger partial charge is 2.00 e. The number of hydrogen-bond donors (Lipinski definition) is 0. The average molecular weight is 444 g/mol. The standard InChI is InChI=1S/C5H10N4.C2H5.CH4.F2.V.W/c1-3-9(4-2)5-7-8-6;1-2;;1-2;;/h1-5H2;1H2,2H3;1H4;;;/q-2;-1;;;+2;. The van der Waals surface area contributed by atoms with Crippen molar-refractivity contribution in [2.24, 2.45) is 5.11 Å². The van der Waals surface area contributed by atoms with Gasteiger partial charge in [-0.3, -0.25) is 0 Å². The third kappa shape index (κ3) is 36.6. The van der Waals surface area contributed by atoms with Gasteiger partial charge < -0.3 is 25.7 Å². The molecule has 0 aliphatic carbocycles. The molecule has 0 saturated carbocycles. The Morgan fingerprint density at radius 3 is 1.75 bits per heavy atom. The molecule has 1 radical (unpaired) electrons. The van der Waals surface area contributed by atoms with Crippen molar-refractivity contribution >= 4 is 0 Å². The molecule has 0 spiro atoms. The molecule has 0 aliphatic rings. The van der Waals surface area contributed by atoms with Crippen LogP contribution in [0.5, 0.6) is 0 Å². The normalized spacial score (nSPS) is 5.94. The molecule has 0 unspecified atom stereocenters. The van der Waals surface area contributed by atoms with Crippen LogP contribution in [0.2, 0.25) is 0 Å². The van der Waals surface area contributed by atoms with E-state index in [1.54, 1.807) is 6.92 Å². The van der Waals surface area contributed by atoms with Gasteiger partial charge in [-0.25, -0.2) is 0 Å². The second kappa shape index (κ2) is 45.3. The van der Waals surface area contributed by atoms with E-state index in [0.29, 0.717) is 19.8 Å². The van der Waals surface area contributed by atoms with E-state index in [4.69, 9.17) is 14.7 Å². The van der Waals surface area contributed by atoms with Crippen LogP contribution in [0.3, 0.4) is 0 Å². The molecule has 0 aromatic carbocycles. The number of halogens is 2. The van der Waals surface area contributed by atoms with E-state index in [9.17, 15) is 0 Å². The summed E-state index contributed by atoms with van der Waals surface area (Å²) >= 11 is 0. The fourth-order valence-electron chi connectivity index (χ4n) is 0.371. The summed E-state index contributed by atoms with van der Waals surface area (Å²) in [5.41, 5.74) is 7.90. The molecule has 0 aliphatic heterocycles. The molecule has 0 amide bonds. The van der Waals surface area contributed by atoms with Crippen molar-refractivity contribution in [1.29, 1.82) is 0 Å². The van der Waals surface area contributed by atoms with Crippen molar-refractivity contribution in [1.82, 2.24) is 4.90 Å². The molecule has 0 aromatic rings. The van der Waals surface area contributed by atoms with Gasteiger partial charge in [-0.2, -0.15) is 6.92 Å². The molecule has 0 N–H and O–H groups in total. The van der Waals surface area contributed by atoms with Crippen LogP contribution in [-0.2, 0) is 39.6 Å². The molecule has 8 heteroatoms. The second-order valence-corrected chi connectivity index (χ2v) is 1.49. The second-order valence-electron chi connectivity index (χ2n) is 1.49.